The van der Waals surface area contributed by atoms with E-state index in [1.54, 1.807) is 6.08 Å². The molecule has 0 amide bonds. The number of fused-ring (bicyclic) bond motifs is 1. The Labute approximate surface area is 139 Å². The zero-order chi connectivity index (χ0) is 17.0. The molecule has 0 aliphatic carbocycles. The minimum absolute atomic E-state index is 0.460. The number of aryl methyl sites for hydroxylation is 2. The highest BCUT2D eigenvalue weighted by molar-refractivity contribution is 6.76. The summed E-state index contributed by atoms with van der Waals surface area (Å²) in [5, 5.41) is 0. The van der Waals surface area contributed by atoms with E-state index in [0.29, 0.717) is 6.73 Å². The van der Waals surface area contributed by atoms with Crippen LogP contribution in [0.3, 0.4) is 0 Å². The lowest BCUT2D eigenvalue weighted by molar-refractivity contribution is -0.104. The summed E-state index contributed by atoms with van der Waals surface area (Å²) in [5.74, 6) is 0.755. The van der Waals surface area contributed by atoms with Crippen molar-refractivity contribution in [2.24, 2.45) is 0 Å². The van der Waals surface area contributed by atoms with Crippen LogP contribution in [0.2, 0.25) is 25.7 Å². The number of aromatic nitrogens is 2. The van der Waals surface area contributed by atoms with Gasteiger partial charge in [0.2, 0.25) is 0 Å². The second kappa shape index (κ2) is 7.23. The first-order chi connectivity index (χ1) is 10.8. The first-order valence-corrected chi connectivity index (χ1v) is 11.7. The van der Waals surface area contributed by atoms with Gasteiger partial charge in [0, 0.05) is 14.7 Å². The van der Waals surface area contributed by atoms with E-state index < -0.39 is 8.07 Å². The van der Waals surface area contributed by atoms with E-state index in [1.807, 2.05) is 4.57 Å². The van der Waals surface area contributed by atoms with E-state index in [2.05, 4.69) is 50.6 Å². The average molecular weight is 331 g/mol. The second-order valence-corrected chi connectivity index (χ2v) is 12.8. The van der Waals surface area contributed by atoms with Gasteiger partial charge < -0.3 is 9.30 Å². The first kappa shape index (κ1) is 17.6. The summed E-state index contributed by atoms with van der Waals surface area (Å²) >= 11 is 0. The summed E-state index contributed by atoms with van der Waals surface area (Å²) in [6, 6.07) is 5.36. The summed E-state index contributed by atoms with van der Waals surface area (Å²) in [6.45, 7) is 12.4. The third-order valence-electron chi connectivity index (χ3n) is 3.93. The summed E-state index contributed by atoms with van der Waals surface area (Å²) < 4.78 is 7.92. The molecule has 0 aliphatic heterocycles. The summed E-state index contributed by atoms with van der Waals surface area (Å²) in [6.07, 6.45) is 3.98. The molecule has 1 aromatic heterocycles. The number of rotatable bonds is 7. The number of allylic oxidation sites excluding steroid dienone is 1. The molecule has 0 saturated carbocycles. The number of imidazole rings is 1. The van der Waals surface area contributed by atoms with Crippen molar-refractivity contribution in [2.75, 3.05) is 6.61 Å². The predicted octanol–water partition coefficient (Wildman–Crippen LogP) is 4.18. The van der Waals surface area contributed by atoms with Crippen LogP contribution in [-0.4, -0.2) is 30.5 Å². The molecule has 1 heterocycles. The number of carbonyl (C=O) groups is 1. The van der Waals surface area contributed by atoms with Crippen molar-refractivity contribution in [1.29, 1.82) is 0 Å². The van der Waals surface area contributed by atoms with Gasteiger partial charge >= 0.3 is 0 Å². The molecule has 0 bridgehead atoms. The van der Waals surface area contributed by atoms with Gasteiger partial charge in [-0.3, -0.25) is 4.79 Å². The highest BCUT2D eigenvalue weighted by atomic mass is 28.3. The number of nitrogens with zero attached hydrogens (tertiary/aromatic N) is 2. The van der Waals surface area contributed by atoms with Crippen molar-refractivity contribution in [1.82, 2.24) is 9.55 Å². The fraction of sp³-hybridized carbons (Fsp3) is 0.444. The molecule has 0 saturated heterocycles. The Bertz CT molecular complexity index is 727. The van der Waals surface area contributed by atoms with Crippen LogP contribution >= 0.6 is 0 Å². The third kappa shape index (κ3) is 4.62. The minimum atomic E-state index is -1.09. The quantitative estimate of drug-likeness (QED) is 0.331. The van der Waals surface area contributed by atoms with Crippen LogP contribution in [0.1, 0.15) is 17.0 Å². The summed E-state index contributed by atoms with van der Waals surface area (Å²) in [7, 11) is -1.09. The van der Waals surface area contributed by atoms with Gasteiger partial charge in [0.1, 0.15) is 18.8 Å². The van der Waals surface area contributed by atoms with Gasteiger partial charge in [-0.2, -0.15) is 0 Å². The lowest BCUT2D eigenvalue weighted by Gasteiger charge is -2.16. The smallest absolute Gasteiger partial charge is 0.142 e. The molecule has 0 N–H and O–H groups in total. The fourth-order valence-corrected chi connectivity index (χ4v) is 3.08. The van der Waals surface area contributed by atoms with Crippen molar-refractivity contribution < 1.29 is 9.53 Å². The van der Waals surface area contributed by atoms with Crippen LogP contribution in [0.5, 0.6) is 0 Å². The lowest BCUT2D eigenvalue weighted by Crippen LogP contribution is -2.22. The molecule has 5 heteroatoms. The maximum absolute atomic E-state index is 10.6. The molecule has 4 nitrogen and oxygen atoms in total. The molecule has 2 aromatic rings. The highest BCUT2D eigenvalue weighted by Gasteiger charge is 2.13. The van der Waals surface area contributed by atoms with Gasteiger partial charge in [0.15, 0.2) is 0 Å². The molecule has 1 aromatic carbocycles. The van der Waals surface area contributed by atoms with Crippen molar-refractivity contribution in [3.05, 3.63) is 35.2 Å². The lowest BCUT2D eigenvalue weighted by atomic mass is 10.1. The fourth-order valence-electron chi connectivity index (χ4n) is 2.32. The normalized spacial score (nSPS) is 12.4. The Balaban J connectivity index is 2.28. The Kier molecular flexibility index (Phi) is 5.54. The third-order valence-corrected chi connectivity index (χ3v) is 5.64. The molecule has 0 spiro atoms. The summed E-state index contributed by atoms with van der Waals surface area (Å²) in [4.78, 5) is 15.3. The number of hydrogen-bond acceptors (Lipinski definition) is 3. The molecule has 2 rings (SSSR count). The Morgan fingerprint density at radius 1 is 1.22 bits per heavy atom. The van der Waals surface area contributed by atoms with Crippen molar-refractivity contribution in [2.45, 2.75) is 46.3 Å². The topological polar surface area (TPSA) is 44.1 Å². The number of benzene rings is 1. The highest BCUT2D eigenvalue weighted by Crippen LogP contribution is 2.22. The van der Waals surface area contributed by atoms with Crippen LogP contribution < -0.4 is 0 Å². The van der Waals surface area contributed by atoms with E-state index in [-0.39, 0.29) is 0 Å². The molecule has 23 heavy (non-hydrogen) atoms. The average Bonchev–Trinajstić information content (AvgIpc) is 2.78. The van der Waals surface area contributed by atoms with Crippen molar-refractivity contribution in [3.8, 4) is 0 Å². The molecule has 124 valence electrons. The molecule has 0 unspecified atom stereocenters. The largest absolute Gasteiger partial charge is 0.361 e. The van der Waals surface area contributed by atoms with E-state index >= 15 is 0 Å². The molecule has 0 atom stereocenters. The minimum Gasteiger partial charge on any atom is -0.361 e. The van der Waals surface area contributed by atoms with Gasteiger partial charge in [-0.25, -0.2) is 4.98 Å². The van der Waals surface area contributed by atoms with Gasteiger partial charge in [-0.1, -0.05) is 19.6 Å². The molecule has 0 radical (unpaired) electrons. The zero-order valence-corrected chi connectivity index (χ0v) is 15.7. The van der Waals surface area contributed by atoms with Crippen LogP contribution in [-0.2, 0) is 16.3 Å². The number of ether oxygens (including phenoxy) is 1. The van der Waals surface area contributed by atoms with Gasteiger partial charge in [-0.15, -0.1) is 0 Å². The molecular weight excluding hydrogens is 304 g/mol. The molecule has 0 aliphatic rings. The monoisotopic (exact) mass is 330 g/mol. The van der Waals surface area contributed by atoms with Crippen molar-refractivity contribution in [3.63, 3.8) is 0 Å². The zero-order valence-electron chi connectivity index (χ0n) is 14.7. The van der Waals surface area contributed by atoms with Gasteiger partial charge in [0.05, 0.1) is 11.0 Å². The predicted molar refractivity (Wildman–Crippen MR) is 98.4 cm³/mol. The van der Waals surface area contributed by atoms with Gasteiger partial charge in [-0.05, 0) is 55.3 Å². The number of aldehydes is 1. The molecular formula is C18H26N2O2Si. The number of carbonyl (C=O) groups excluding carboxylic acids is 1. The van der Waals surface area contributed by atoms with Crippen LogP contribution in [0.15, 0.2) is 18.2 Å². The second-order valence-electron chi connectivity index (χ2n) is 7.17. The maximum atomic E-state index is 10.6. The van der Waals surface area contributed by atoms with Crippen LogP contribution in [0.25, 0.3) is 17.1 Å². The Morgan fingerprint density at radius 3 is 2.57 bits per heavy atom. The Hall–Kier alpha value is -1.72. The standard InChI is InChI=1S/C18H26N2O2Si/c1-14-11-16-17(12-15(14)2)20(18(19-16)7-6-8-21)13-22-9-10-23(3,4)5/h6-8,11-12H,9-10,13H2,1-5H3. The van der Waals surface area contributed by atoms with E-state index in [1.165, 1.54) is 17.2 Å². The SMILES string of the molecule is Cc1cc2nc(C=CC=O)n(COCC[Si](C)(C)C)c2cc1C. The van der Waals surface area contributed by atoms with Crippen LogP contribution in [0.4, 0.5) is 0 Å². The molecule has 0 fully saturated rings. The maximum Gasteiger partial charge on any atom is 0.142 e. The van der Waals surface area contributed by atoms with E-state index in [4.69, 9.17) is 4.74 Å². The van der Waals surface area contributed by atoms with Crippen molar-refractivity contribution >= 4 is 31.5 Å². The van der Waals surface area contributed by atoms with E-state index in [9.17, 15) is 4.79 Å². The van der Waals surface area contributed by atoms with Crippen LogP contribution in [0, 0.1) is 13.8 Å². The number of hydrogen-bond donors (Lipinski definition) is 0. The Morgan fingerprint density at radius 2 is 1.91 bits per heavy atom. The van der Waals surface area contributed by atoms with Gasteiger partial charge in [0.25, 0.3) is 0 Å². The summed E-state index contributed by atoms with van der Waals surface area (Å²) in [5.41, 5.74) is 4.43. The first-order valence-electron chi connectivity index (χ1n) is 7.99. The van der Waals surface area contributed by atoms with E-state index in [0.717, 1.165) is 35.8 Å².